The third-order valence-electron chi connectivity index (χ3n) is 2.79. The summed E-state index contributed by atoms with van der Waals surface area (Å²) >= 11 is 0. The van der Waals surface area contributed by atoms with Crippen molar-refractivity contribution >= 4 is 11.9 Å². The molecule has 1 unspecified atom stereocenters. The average molecular weight is 216 g/mol. The molecule has 2 N–H and O–H groups in total. The fraction of sp³-hybridized carbons (Fsp3) is 0.818. The van der Waals surface area contributed by atoms with Gasteiger partial charge in [-0.15, -0.1) is 0 Å². The van der Waals surface area contributed by atoms with Gasteiger partial charge >= 0.3 is 11.9 Å². The second-order valence-electron chi connectivity index (χ2n) is 4.58. The van der Waals surface area contributed by atoms with E-state index in [0.29, 0.717) is 0 Å². The standard InChI is InChI=1S/C11H20O4/c1-4-5-6-11(2,3)8(10(14)15)7-9(12)13/h8H,4-7H2,1-3H3,(H,12,13)(H,14,15). The molecule has 0 aliphatic rings. The van der Waals surface area contributed by atoms with E-state index < -0.39 is 23.3 Å². The maximum absolute atomic E-state index is 11.0. The van der Waals surface area contributed by atoms with Crippen LogP contribution in [0.1, 0.15) is 46.5 Å². The van der Waals surface area contributed by atoms with Crippen molar-refractivity contribution < 1.29 is 19.8 Å². The van der Waals surface area contributed by atoms with Crippen LogP contribution in [0.4, 0.5) is 0 Å². The summed E-state index contributed by atoms with van der Waals surface area (Å²) in [5.74, 6) is -2.87. The monoisotopic (exact) mass is 216 g/mol. The molecule has 0 aliphatic carbocycles. The van der Waals surface area contributed by atoms with Gasteiger partial charge in [-0.05, 0) is 11.8 Å². The second kappa shape index (κ2) is 5.73. The maximum Gasteiger partial charge on any atom is 0.307 e. The molecule has 0 aromatic rings. The molecule has 88 valence electrons. The normalized spacial score (nSPS) is 13.5. The fourth-order valence-corrected chi connectivity index (χ4v) is 1.68. The summed E-state index contributed by atoms with van der Waals surface area (Å²) in [6, 6.07) is 0. The molecule has 0 rings (SSSR count). The van der Waals surface area contributed by atoms with E-state index in [1.54, 1.807) is 0 Å². The largest absolute Gasteiger partial charge is 0.481 e. The highest BCUT2D eigenvalue weighted by Gasteiger charge is 2.36. The zero-order valence-corrected chi connectivity index (χ0v) is 9.62. The Kier molecular flexibility index (Phi) is 5.33. The molecule has 4 nitrogen and oxygen atoms in total. The minimum absolute atomic E-state index is 0.300. The Morgan fingerprint density at radius 1 is 1.27 bits per heavy atom. The van der Waals surface area contributed by atoms with E-state index in [1.165, 1.54) is 0 Å². The van der Waals surface area contributed by atoms with Gasteiger partial charge in [-0.3, -0.25) is 9.59 Å². The Bertz CT molecular complexity index is 233. The van der Waals surface area contributed by atoms with E-state index in [4.69, 9.17) is 10.2 Å². The SMILES string of the molecule is CCCCC(C)(C)C(CC(=O)O)C(=O)O. The van der Waals surface area contributed by atoms with Crippen LogP contribution in [-0.2, 0) is 9.59 Å². The number of hydrogen-bond acceptors (Lipinski definition) is 2. The van der Waals surface area contributed by atoms with Gasteiger partial charge in [-0.2, -0.15) is 0 Å². The number of carbonyl (C=O) groups is 2. The minimum atomic E-state index is -1.05. The van der Waals surface area contributed by atoms with Gasteiger partial charge in [0.25, 0.3) is 0 Å². The highest BCUT2D eigenvalue weighted by Crippen LogP contribution is 2.35. The molecule has 0 fully saturated rings. The first-order valence-corrected chi connectivity index (χ1v) is 5.26. The highest BCUT2D eigenvalue weighted by molar-refractivity contribution is 5.78. The number of carboxylic acid groups (broad SMARTS) is 2. The van der Waals surface area contributed by atoms with Crippen LogP contribution < -0.4 is 0 Å². The molecule has 0 amide bonds. The van der Waals surface area contributed by atoms with Gasteiger partial charge in [-0.25, -0.2) is 0 Å². The number of unbranched alkanes of at least 4 members (excludes halogenated alkanes) is 1. The van der Waals surface area contributed by atoms with E-state index in [-0.39, 0.29) is 6.42 Å². The molecule has 0 heterocycles. The average Bonchev–Trinajstić information content (AvgIpc) is 2.10. The lowest BCUT2D eigenvalue weighted by Gasteiger charge is -2.30. The van der Waals surface area contributed by atoms with E-state index in [1.807, 2.05) is 20.8 Å². The Labute approximate surface area is 90.3 Å². The topological polar surface area (TPSA) is 74.6 Å². The van der Waals surface area contributed by atoms with Crippen molar-refractivity contribution in [1.29, 1.82) is 0 Å². The molecule has 0 aliphatic heterocycles. The van der Waals surface area contributed by atoms with Crippen LogP contribution in [0.15, 0.2) is 0 Å². The summed E-state index contributed by atoms with van der Waals surface area (Å²) in [6.45, 7) is 5.68. The van der Waals surface area contributed by atoms with Gasteiger partial charge in [0.15, 0.2) is 0 Å². The molecule has 15 heavy (non-hydrogen) atoms. The van der Waals surface area contributed by atoms with Crippen molar-refractivity contribution in [1.82, 2.24) is 0 Å². The molecule has 0 aromatic carbocycles. The Morgan fingerprint density at radius 3 is 2.13 bits per heavy atom. The summed E-state index contributed by atoms with van der Waals surface area (Å²) in [7, 11) is 0. The number of hydrogen-bond donors (Lipinski definition) is 2. The van der Waals surface area contributed by atoms with E-state index in [0.717, 1.165) is 19.3 Å². The van der Waals surface area contributed by atoms with Crippen molar-refractivity contribution in [3.8, 4) is 0 Å². The van der Waals surface area contributed by atoms with Crippen molar-refractivity contribution in [3.63, 3.8) is 0 Å². The molecule has 0 radical (unpaired) electrons. The Hall–Kier alpha value is -1.06. The first-order valence-electron chi connectivity index (χ1n) is 5.26. The zero-order chi connectivity index (χ0) is 12.1. The van der Waals surface area contributed by atoms with Crippen LogP contribution in [0.25, 0.3) is 0 Å². The van der Waals surface area contributed by atoms with Crippen LogP contribution in [0.3, 0.4) is 0 Å². The van der Waals surface area contributed by atoms with Crippen LogP contribution in [0.5, 0.6) is 0 Å². The lowest BCUT2D eigenvalue weighted by molar-refractivity contribution is -0.152. The molecule has 4 heteroatoms. The third kappa shape index (κ3) is 4.81. The van der Waals surface area contributed by atoms with Gasteiger partial charge in [0.1, 0.15) is 0 Å². The fourth-order valence-electron chi connectivity index (χ4n) is 1.68. The molecule has 0 bridgehead atoms. The lowest BCUT2D eigenvalue weighted by Crippen LogP contribution is -2.33. The van der Waals surface area contributed by atoms with Gasteiger partial charge < -0.3 is 10.2 Å². The zero-order valence-electron chi connectivity index (χ0n) is 9.62. The van der Waals surface area contributed by atoms with Gasteiger partial charge in [0.2, 0.25) is 0 Å². The quantitative estimate of drug-likeness (QED) is 0.685. The van der Waals surface area contributed by atoms with Crippen LogP contribution in [0.2, 0.25) is 0 Å². The summed E-state index contributed by atoms with van der Waals surface area (Å²) < 4.78 is 0. The summed E-state index contributed by atoms with van der Waals surface area (Å²) in [6.07, 6.45) is 2.36. The molecule has 1 atom stereocenters. The van der Waals surface area contributed by atoms with Gasteiger partial charge in [0, 0.05) is 0 Å². The lowest BCUT2D eigenvalue weighted by atomic mass is 9.73. The Balaban J connectivity index is 4.57. The molecular formula is C11H20O4. The third-order valence-corrected chi connectivity index (χ3v) is 2.79. The van der Waals surface area contributed by atoms with Crippen LogP contribution >= 0.6 is 0 Å². The highest BCUT2D eigenvalue weighted by atomic mass is 16.4. The predicted octanol–water partition coefficient (Wildman–Crippen LogP) is 2.38. The Morgan fingerprint density at radius 2 is 1.80 bits per heavy atom. The second-order valence-corrected chi connectivity index (χ2v) is 4.58. The van der Waals surface area contributed by atoms with Gasteiger partial charge in [-0.1, -0.05) is 33.6 Å². The first kappa shape index (κ1) is 13.9. The molecule has 0 saturated carbocycles. The summed E-state index contributed by atoms with van der Waals surface area (Å²) in [5, 5.41) is 17.7. The van der Waals surface area contributed by atoms with Gasteiger partial charge in [0.05, 0.1) is 12.3 Å². The maximum atomic E-state index is 11.0. The smallest absolute Gasteiger partial charge is 0.307 e. The molecule has 0 spiro atoms. The summed E-state index contributed by atoms with van der Waals surface area (Å²) in [5.41, 5.74) is -0.458. The van der Waals surface area contributed by atoms with Crippen LogP contribution in [0, 0.1) is 11.3 Å². The number of rotatable bonds is 7. The minimum Gasteiger partial charge on any atom is -0.481 e. The van der Waals surface area contributed by atoms with Crippen molar-refractivity contribution in [2.45, 2.75) is 46.5 Å². The van der Waals surface area contributed by atoms with E-state index >= 15 is 0 Å². The van der Waals surface area contributed by atoms with Crippen molar-refractivity contribution in [2.24, 2.45) is 11.3 Å². The van der Waals surface area contributed by atoms with Crippen LogP contribution in [-0.4, -0.2) is 22.2 Å². The van der Waals surface area contributed by atoms with E-state index in [2.05, 4.69) is 0 Å². The number of carboxylic acids is 2. The predicted molar refractivity (Wildman–Crippen MR) is 56.7 cm³/mol. The van der Waals surface area contributed by atoms with E-state index in [9.17, 15) is 9.59 Å². The summed E-state index contributed by atoms with van der Waals surface area (Å²) in [4.78, 5) is 21.6. The first-order chi connectivity index (χ1) is 6.81. The molecule has 0 saturated heterocycles. The molecular weight excluding hydrogens is 196 g/mol. The van der Waals surface area contributed by atoms with Crippen molar-refractivity contribution in [3.05, 3.63) is 0 Å². The van der Waals surface area contributed by atoms with Crippen molar-refractivity contribution in [2.75, 3.05) is 0 Å². The number of aliphatic carboxylic acids is 2. The molecule has 0 aromatic heterocycles.